The number of nitrogens with zero attached hydrogens (tertiary/aromatic N) is 3. The second-order valence-corrected chi connectivity index (χ2v) is 8.42. The summed E-state index contributed by atoms with van der Waals surface area (Å²) in [5, 5.41) is 12.4. The van der Waals surface area contributed by atoms with E-state index in [0.29, 0.717) is 17.8 Å². The van der Waals surface area contributed by atoms with Crippen LogP contribution in [0, 0.1) is 0 Å². The Morgan fingerprint density at radius 1 is 1.03 bits per heavy atom. The third-order valence-electron chi connectivity index (χ3n) is 6.01. The van der Waals surface area contributed by atoms with Crippen LogP contribution in [0.25, 0.3) is 55.6 Å². The average Bonchev–Trinajstić information content (AvgIpc) is 3.63. The highest BCUT2D eigenvalue weighted by Crippen LogP contribution is 2.35. The van der Waals surface area contributed by atoms with Gasteiger partial charge in [-0.15, -0.1) is 0 Å². The second kappa shape index (κ2) is 8.57. The molecule has 5 aromatic heterocycles. The molecule has 0 aliphatic heterocycles. The van der Waals surface area contributed by atoms with Crippen molar-refractivity contribution in [1.82, 2.24) is 25.1 Å². The summed E-state index contributed by atoms with van der Waals surface area (Å²) in [6, 6.07) is 14.2. The van der Waals surface area contributed by atoms with Crippen LogP contribution in [0.15, 0.2) is 78.0 Å². The number of carbonyl (C=O) groups excluding carboxylic acids is 1. The summed E-state index contributed by atoms with van der Waals surface area (Å²) >= 11 is 0. The van der Waals surface area contributed by atoms with Crippen LogP contribution in [-0.2, 0) is 4.79 Å². The molecule has 0 saturated carbocycles. The number of fused-ring (bicyclic) bond motifs is 2. The first-order valence-corrected chi connectivity index (χ1v) is 11.4. The molecule has 6 rings (SSSR count). The molecule has 0 fully saturated rings. The van der Waals surface area contributed by atoms with Crippen molar-refractivity contribution in [1.29, 1.82) is 0 Å². The Morgan fingerprint density at radius 3 is 2.80 bits per heavy atom. The van der Waals surface area contributed by atoms with Gasteiger partial charge in [-0.25, -0.2) is 4.98 Å². The number of aromatic nitrogens is 5. The molecule has 5 heterocycles. The molecular formula is C27H22N6O2. The molecule has 1 amide bonds. The molecule has 172 valence electrons. The molecule has 0 spiro atoms. The van der Waals surface area contributed by atoms with Gasteiger partial charge in [0.05, 0.1) is 35.8 Å². The Balaban J connectivity index is 1.40. The monoisotopic (exact) mass is 462 g/mol. The molecule has 0 radical (unpaired) electrons. The van der Waals surface area contributed by atoms with Crippen LogP contribution < -0.4 is 5.32 Å². The van der Waals surface area contributed by atoms with Gasteiger partial charge in [0, 0.05) is 51.8 Å². The van der Waals surface area contributed by atoms with E-state index in [9.17, 15) is 4.79 Å². The van der Waals surface area contributed by atoms with Gasteiger partial charge in [-0.1, -0.05) is 19.1 Å². The average molecular weight is 463 g/mol. The number of pyridine rings is 2. The van der Waals surface area contributed by atoms with Crippen LogP contribution in [0.3, 0.4) is 0 Å². The number of hydrogen-bond donors (Lipinski definition) is 3. The smallest absolute Gasteiger partial charge is 0.224 e. The Labute approximate surface area is 200 Å². The fraction of sp³-hybridized carbons (Fsp3) is 0.111. The van der Waals surface area contributed by atoms with Crippen molar-refractivity contribution in [3.63, 3.8) is 0 Å². The first kappa shape index (κ1) is 20.9. The summed E-state index contributed by atoms with van der Waals surface area (Å²) < 4.78 is 5.29. The molecule has 35 heavy (non-hydrogen) atoms. The summed E-state index contributed by atoms with van der Waals surface area (Å²) in [5.41, 5.74) is 7.93. The number of carbonyl (C=O) groups is 1. The van der Waals surface area contributed by atoms with E-state index in [4.69, 9.17) is 4.42 Å². The van der Waals surface area contributed by atoms with Crippen molar-refractivity contribution in [2.75, 3.05) is 5.32 Å². The number of furan rings is 1. The number of H-pyrrole nitrogens is 2. The molecule has 0 atom stereocenters. The number of aromatic amines is 2. The van der Waals surface area contributed by atoms with Crippen LogP contribution in [0.2, 0.25) is 0 Å². The maximum absolute atomic E-state index is 12.0. The maximum atomic E-state index is 12.0. The Kier molecular flexibility index (Phi) is 5.11. The molecular weight excluding hydrogens is 440 g/mol. The highest BCUT2D eigenvalue weighted by molar-refractivity contribution is 6.01. The van der Waals surface area contributed by atoms with Crippen molar-refractivity contribution in [2.45, 2.75) is 19.8 Å². The highest BCUT2D eigenvalue weighted by Gasteiger charge is 2.15. The lowest BCUT2D eigenvalue weighted by atomic mass is 10.0. The molecule has 1 aromatic carbocycles. The van der Waals surface area contributed by atoms with Gasteiger partial charge in [-0.3, -0.25) is 14.9 Å². The number of anilines is 1. The predicted octanol–water partition coefficient (Wildman–Crippen LogP) is 6.17. The zero-order valence-electron chi connectivity index (χ0n) is 19.0. The molecule has 0 bridgehead atoms. The molecule has 0 saturated heterocycles. The van der Waals surface area contributed by atoms with Crippen LogP contribution >= 0.6 is 0 Å². The molecule has 0 aliphatic rings. The van der Waals surface area contributed by atoms with E-state index < -0.39 is 0 Å². The first-order valence-electron chi connectivity index (χ1n) is 11.4. The van der Waals surface area contributed by atoms with Gasteiger partial charge in [-0.2, -0.15) is 5.10 Å². The van der Waals surface area contributed by atoms with Gasteiger partial charge in [0.1, 0.15) is 0 Å². The quantitative estimate of drug-likeness (QED) is 0.274. The summed E-state index contributed by atoms with van der Waals surface area (Å²) in [6.07, 6.45) is 9.87. The topological polar surface area (TPSA) is 112 Å². The molecule has 8 heteroatoms. The minimum atomic E-state index is -0.0225. The van der Waals surface area contributed by atoms with Crippen LogP contribution in [0.1, 0.15) is 19.8 Å². The number of nitrogens with one attached hydrogen (secondary N) is 3. The predicted molar refractivity (Wildman–Crippen MR) is 136 cm³/mol. The number of rotatable bonds is 6. The normalized spacial score (nSPS) is 11.3. The van der Waals surface area contributed by atoms with Crippen LogP contribution in [0.4, 0.5) is 5.69 Å². The number of amides is 1. The van der Waals surface area contributed by atoms with Crippen molar-refractivity contribution in [3.05, 3.63) is 73.6 Å². The van der Waals surface area contributed by atoms with Crippen LogP contribution in [-0.4, -0.2) is 31.1 Å². The fourth-order valence-electron chi connectivity index (χ4n) is 4.34. The van der Waals surface area contributed by atoms with E-state index in [0.717, 1.165) is 56.4 Å². The van der Waals surface area contributed by atoms with Crippen molar-refractivity contribution >= 4 is 33.5 Å². The molecule has 3 N–H and O–H groups in total. The van der Waals surface area contributed by atoms with Gasteiger partial charge >= 0.3 is 0 Å². The SMILES string of the molecule is CCCC(=O)Nc1cncc(-c2cnc3n[nH]c(-c4cc5c(-c6ccoc6)cccc5[nH]4)c3c2)c1. The van der Waals surface area contributed by atoms with E-state index in [1.807, 2.05) is 31.2 Å². The van der Waals surface area contributed by atoms with E-state index in [1.54, 1.807) is 31.1 Å². The van der Waals surface area contributed by atoms with Gasteiger partial charge < -0.3 is 14.7 Å². The van der Waals surface area contributed by atoms with Gasteiger partial charge in [0.15, 0.2) is 5.65 Å². The number of hydrogen-bond acceptors (Lipinski definition) is 5. The van der Waals surface area contributed by atoms with E-state index in [2.05, 4.69) is 48.7 Å². The van der Waals surface area contributed by atoms with E-state index in [-0.39, 0.29) is 5.91 Å². The third kappa shape index (κ3) is 3.85. The fourth-order valence-corrected chi connectivity index (χ4v) is 4.34. The molecule has 8 nitrogen and oxygen atoms in total. The van der Waals surface area contributed by atoms with Crippen LogP contribution in [0.5, 0.6) is 0 Å². The lowest BCUT2D eigenvalue weighted by Gasteiger charge is -2.07. The Morgan fingerprint density at radius 2 is 1.94 bits per heavy atom. The largest absolute Gasteiger partial charge is 0.472 e. The summed E-state index contributed by atoms with van der Waals surface area (Å²) in [4.78, 5) is 24.4. The van der Waals surface area contributed by atoms with Crippen molar-refractivity contribution < 1.29 is 9.21 Å². The second-order valence-electron chi connectivity index (χ2n) is 8.42. The minimum Gasteiger partial charge on any atom is -0.472 e. The Hall–Kier alpha value is -4.72. The maximum Gasteiger partial charge on any atom is 0.224 e. The Bertz CT molecular complexity index is 1660. The third-order valence-corrected chi connectivity index (χ3v) is 6.01. The summed E-state index contributed by atoms with van der Waals surface area (Å²) in [7, 11) is 0. The zero-order chi connectivity index (χ0) is 23.8. The lowest BCUT2D eigenvalue weighted by Crippen LogP contribution is -2.10. The standard InChI is InChI=1S/C27H22N6O2/c1-2-4-25(34)30-19-9-17(12-28-14-19)18-10-22-26(32-33-27(22)29-13-18)24-11-21-20(16-7-8-35-15-16)5-3-6-23(21)31-24/h3,5-15,31H,2,4H2,1H3,(H,30,34)(H,29,32,33). The lowest BCUT2D eigenvalue weighted by molar-refractivity contribution is -0.116. The molecule has 0 unspecified atom stereocenters. The highest BCUT2D eigenvalue weighted by atomic mass is 16.3. The first-order chi connectivity index (χ1) is 17.2. The zero-order valence-corrected chi connectivity index (χ0v) is 19.0. The van der Waals surface area contributed by atoms with Gasteiger partial charge in [-0.05, 0) is 42.3 Å². The molecule has 6 aromatic rings. The summed E-state index contributed by atoms with van der Waals surface area (Å²) in [5.74, 6) is -0.0225. The minimum absolute atomic E-state index is 0.0225. The van der Waals surface area contributed by atoms with E-state index in [1.165, 1.54) is 0 Å². The number of benzene rings is 1. The summed E-state index contributed by atoms with van der Waals surface area (Å²) in [6.45, 7) is 1.98. The van der Waals surface area contributed by atoms with Crippen molar-refractivity contribution in [2.24, 2.45) is 0 Å². The van der Waals surface area contributed by atoms with Crippen molar-refractivity contribution in [3.8, 4) is 33.6 Å². The van der Waals surface area contributed by atoms with E-state index >= 15 is 0 Å². The van der Waals surface area contributed by atoms with Gasteiger partial charge in [0.25, 0.3) is 0 Å². The molecule has 0 aliphatic carbocycles. The van der Waals surface area contributed by atoms with Gasteiger partial charge in [0.2, 0.25) is 5.91 Å².